The van der Waals surface area contributed by atoms with Crippen molar-refractivity contribution in [2.45, 2.75) is 102 Å². The Bertz CT molecular complexity index is 550. The van der Waals surface area contributed by atoms with Crippen LogP contribution < -0.4 is 0 Å². The number of carbonyl (C=O) groups is 2. The number of unbranched alkanes of at least 4 members (excludes halogenated alkanes) is 4. The number of hydrogen-bond donors (Lipinski definition) is 2. The molecule has 1 aliphatic rings. The minimum atomic E-state index is -3.30. The van der Waals surface area contributed by atoms with Gasteiger partial charge < -0.3 is 14.9 Å². The van der Waals surface area contributed by atoms with Crippen LogP contribution in [0.4, 0.5) is 8.78 Å². The molecule has 0 aliphatic heterocycles. The molecule has 0 aromatic carbocycles. The van der Waals surface area contributed by atoms with E-state index in [2.05, 4.69) is 4.74 Å². The average Bonchev–Trinajstić information content (AvgIpc) is 2.98. The van der Waals surface area contributed by atoms with Crippen molar-refractivity contribution in [1.29, 1.82) is 0 Å². The monoisotopic (exact) mass is 432 g/mol. The fourth-order valence-electron chi connectivity index (χ4n) is 4.11. The largest absolute Gasteiger partial charge is 0.469 e. The lowest BCUT2D eigenvalue weighted by molar-refractivity contribution is -0.144. The fourth-order valence-corrected chi connectivity index (χ4v) is 4.11. The zero-order valence-electron chi connectivity index (χ0n) is 18.3. The Morgan fingerprint density at radius 2 is 1.73 bits per heavy atom. The molecule has 1 saturated carbocycles. The third-order valence-electron chi connectivity index (χ3n) is 6.03. The second-order valence-corrected chi connectivity index (χ2v) is 8.35. The highest BCUT2D eigenvalue weighted by atomic mass is 19.3. The van der Waals surface area contributed by atoms with Crippen molar-refractivity contribution in [2.75, 3.05) is 7.11 Å². The SMILES string of the molecule is CCCCC(F)(F)C(=O)CC[C@H]1C(O)CC(O)C1C/C=C\CCCCCC(=O)OC. The molecule has 2 N–H and O–H groups in total. The van der Waals surface area contributed by atoms with E-state index in [0.29, 0.717) is 25.7 Å². The van der Waals surface area contributed by atoms with Gasteiger partial charge in [0.25, 0.3) is 0 Å². The van der Waals surface area contributed by atoms with Crippen LogP contribution in [-0.4, -0.2) is 47.2 Å². The summed E-state index contributed by atoms with van der Waals surface area (Å²) in [7, 11) is 1.38. The number of esters is 1. The van der Waals surface area contributed by atoms with Gasteiger partial charge >= 0.3 is 11.9 Å². The molecule has 0 radical (unpaired) electrons. The number of allylic oxidation sites excluding steroid dienone is 2. The highest BCUT2D eigenvalue weighted by Gasteiger charge is 2.43. The van der Waals surface area contributed by atoms with Crippen LogP contribution in [0.5, 0.6) is 0 Å². The van der Waals surface area contributed by atoms with Gasteiger partial charge in [0.2, 0.25) is 5.78 Å². The summed E-state index contributed by atoms with van der Waals surface area (Å²) in [5.74, 6) is -5.15. The number of methoxy groups -OCH3 is 1. The molecular formula is C23H38F2O5. The molecular weight excluding hydrogens is 394 g/mol. The second-order valence-electron chi connectivity index (χ2n) is 8.35. The van der Waals surface area contributed by atoms with Gasteiger partial charge in [0.1, 0.15) is 0 Å². The third kappa shape index (κ3) is 9.21. The van der Waals surface area contributed by atoms with Gasteiger partial charge in [0.05, 0.1) is 19.3 Å². The van der Waals surface area contributed by atoms with Crippen molar-refractivity contribution in [1.82, 2.24) is 0 Å². The molecule has 0 aromatic rings. The molecule has 0 spiro atoms. The van der Waals surface area contributed by atoms with Crippen LogP contribution in [-0.2, 0) is 14.3 Å². The topological polar surface area (TPSA) is 83.8 Å². The van der Waals surface area contributed by atoms with Gasteiger partial charge in [0.15, 0.2) is 0 Å². The molecule has 1 aliphatic carbocycles. The van der Waals surface area contributed by atoms with Gasteiger partial charge in [-0.2, -0.15) is 8.78 Å². The number of ether oxygens (including phenoxy) is 1. The molecule has 0 saturated heterocycles. The maximum Gasteiger partial charge on any atom is 0.305 e. The number of aliphatic hydroxyl groups is 2. The molecule has 3 unspecified atom stereocenters. The number of Topliss-reactive ketones (excluding diaryl/α,β-unsaturated/α-hetero) is 1. The smallest absolute Gasteiger partial charge is 0.305 e. The van der Waals surface area contributed by atoms with E-state index in [1.807, 2.05) is 12.2 Å². The van der Waals surface area contributed by atoms with E-state index < -0.39 is 30.3 Å². The van der Waals surface area contributed by atoms with Gasteiger partial charge in [-0.3, -0.25) is 9.59 Å². The first-order valence-electron chi connectivity index (χ1n) is 11.2. The summed E-state index contributed by atoms with van der Waals surface area (Å²) in [5.41, 5.74) is 0. The Labute approximate surface area is 178 Å². The molecule has 5 nitrogen and oxygen atoms in total. The first-order chi connectivity index (χ1) is 14.2. The van der Waals surface area contributed by atoms with E-state index in [1.54, 1.807) is 6.92 Å². The number of aliphatic hydroxyl groups excluding tert-OH is 2. The van der Waals surface area contributed by atoms with Crippen LogP contribution in [0.1, 0.15) is 84.0 Å². The van der Waals surface area contributed by atoms with Gasteiger partial charge in [-0.05, 0) is 56.8 Å². The summed E-state index contributed by atoms with van der Waals surface area (Å²) in [4.78, 5) is 23.0. The van der Waals surface area contributed by atoms with Crippen molar-refractivity contribution in [2.24, 2.45) is 11.8 Å². The van der Waals surface area contributed by atoms with E-state index in [1.165, 1.54) is 7.11 Å². The van der Waals surface area contributed by atoms with Gasteiger partial charge in [-0.25, -0.2) is 0 Å². The predicted octanol–water partition coefficient (Wildman–Crippen LogP) is 4.59. The third-order valence-corrected chi connectivity index (χ3v) is 6.03. The summed E-state index contributed by atoms with van der Waals surface area (Å²) in [6.45, 7) is 1.80. The maximum absolute atomic E-state index is 13.9. The summed E-state index contributed by atoms with van der Waals surface area (Å²) in [5, 5.41) is 20.5. The summed E-state index contributed by atoms with van der Waals surface area (Å²) in [6, 6.07) is 0. The Balaban J connectivity index is 2.41. The first kappa shape index (κ1) is 26.7. The summed E-state index contributed by atoms with van der Waals surface area (Å²) < 4.78 is 32.4. The molecule has 1 fully saturated rings. The molecule has 7 heteroatoms. The highest BCUT2D eigenvalue weighted by molar-refractivity contribution is 5.85. The highest BCUT2D eigenvalue weighted by Crippen LogP contribution is 2.39. The average molecular weight is 433 g/mol. The van der Waals surface area contributed by atoms with Crippen molar-refractivity contribution in [3.8, 4) is 0 Å². The number of hydrogen-bond acceptors (Lipinski definition) is 5. The molecule has 0 heterocycles. The number of halogens is 2. The van der Waals surface area contributed by atoms with E-state index in [4.69, 9.17) is 0 Å². The minimum absolute atomic E-state index is 0.171. The molecule has 0 bridgehead atoms. The lowest BCUT2D eigenvalue weighted by Crippen LogP contribution is -2.30. The standard InChI is InChI=1S/C23H38F2O5/c1-3-4-15-23(24,25)21(28)14-13-18-17(19(26)16-20(18)27)11-9-7-5-6-8-10-12-22(29)30-2/h7,9,17-20,26-27H,3-6,8,10-16H2,1-2H3/b9-7-/t17?,18-,19?,20?/m1/s1. The fraction of sp³-hybridized carbons (Fsp3) is 0.826. The zero-order valence-corrected chi connectivity index (χ0v) is 18.3. The van der Waals surface area contributed by atoms with Crippen molar-refractivity contribution in [3.63, 3.8) is 0 Å². The van der Waals surface area contributed by atoms with Crippen LogP contribution >= 0.6 is 0 Å². The van der Waals surface area contributed by atoms with Crippen LogP contribution in [0, 0.1) is 11.8 Å². The van der Waals surface area contributed by atoms with Gasteiger partial charge in [0, 0.05) is 19.3 Å². The van der Waals surface area contributed by atoms with Crippen molar-refractivity contribution in [3.05, 3.63) is 12.2 Å². The van der Waals surface area contributed by atoms with Crippen LogP contribution in [0.3, 0.4) is 0 Å². The zero-order chi connectivity index (χ0) is 22.6. The Morgan fingerprint density at radius 3 is 2.40 bits per heavy atom. The van der Waals surface area contributed by atoms with E-state index in [9.17, 15) is 28.6 Å². The Morgan fingerprint density at radius 1 is 1.03 bits per heavy atom. The molecule has 1 rings (SSSR count). The number of rotatable bonds is 15. The van der Waals surface area contributed by atoms with Crippen molar-refractivity contribution < 1.29 is 33.3 Å². The normalized spacial score (nSPS) is 24.5. The lowest BCUT2D eigenvalue weighted by atomic mass is 9.85. The molecule has 0 aromatic heterocycles. The second kappa shape index (κ2) is 13.9. The van der Waals surface area contributed by atoms with E-state index >= 15 is 0 Å². The molecule has 174 valence electrons. The number of alkyl halides is 2. The lowest BCUT2D eigenvalue weighted by Gasteiger charge is -2.23. The van der Waals surface area contributed by atoms with Gasteiger partial charge in [-0.15, -0.1) is 0 Å². The first-order valence-corrected chi connectivity index (χ1v) is 11.2. The molecule has 4 atom stereocenters. The molecule has 0 amide bonds. The summed E-state index contributed by atoms with van der Waals surface area (Å²) >= 11 is 0. The maximum atomic E-state index is 13.9. The van der Waals surface area contributed by atoms with Crippen molar-refractivity contribution >= 4 is 11.8 Å². The quantitative estimate of drug-likeness (QED) is 0.225. The van der Waals surface area contributed by atoms with Gasteiger partial charge in [-0.1, -0.05) is 31.9 Å². The number of carbonyl (C=O) groups excluding carboxylic acids is 2. The van der Waals surface area contributed by atoms with Crippen LogP contribution in [0.25, 0.3) is 0 Å². The minimum Gasteiger partial charge on any atom is -0.469 e. The number of ketones is 1. The predicted molar refractivity (Wildman–Crippen MR) is 111 cm³/mol. The van der Waals surface area contributed by atoms with E-state index in [-0.39, 0.29) is 37.1 Å². The summed E-state index contributed by atoms with van der Waals surface area (Å²) in [6.07, 6.45) is 7.57. The van der Waals surface area contributed by atoms with Crippen LogP contribution in [0.15, 0.2) is 12.2 Å². The molecule has 30 heavy (non-hydrogen) atoms. The Hall–Kier alpha value is -1.34. The van der Waals surface area contributed by atoms with Crippen LogP contribution in [0.2, 0.25) is 0 Å². The van der Waals surface area contributed by atoms with E-state index in [0.717, 1.165) is 25.7 Å². The Kier molecular flexibility index (Phi) is 12.3.